The number of unbranched alkanes of at least 4 members (excludes halogenated alkanes) is 3. The Bertz CT molecular complexity index is 1130. The largest absolute Gasteiger partial charge is 3.00 e. The van der Waals surface area contributed by atoms with Crippen molar-refractivity contribution in [3.8, 4) is 0 Å². The van der Waals surface area contributed by atoms with E-state index in [1.807, 2.05) is 0 Å². The van der Waals surface area contributed by atoms with Gasteiger partial charge in [0.2, 0.25) is 0 Å². The normalized spacial score (nSPS) is 11.5. The summed E-state index contributed by atoms with van der Waals surface area (Å²) in [4.78, 5) is 0. The van der Waals surface area contributed by atoms with Crippen molar-refractivity contribution in [3.63, 3.8) is 0 Å². The summed E-state index contributed by atoms with van der Waals surface area (Å²) in [5.41, 5.74) is 4.11. The molecule has 0 aliphatic heterocycles. The molecule has 0 spiro atoms. The summed E-state index contributed by atoms with van der Waals surface area (Å²) in [5, 5.41) is 6.50. The summed E-state index contributed by atoms with van der Waals surface area (Å²) in [6, 6.07) is 23.6. The Hall–Kier alpha value is -1.04. The minimum Gasteiger partial charge on any atom is -0.331 e. The van der Waals surface area contributed by atoms with Crippen molar-refractivity contribution in [1.82, 2.24) is 0 Å². The predicted octanol–water partition coefficient (Wildman–Crippen LogP) is 11.4. The van der Waals surface area contributed by atoms with E-state index >= 15 is 0 Å². The van der Waals surface area contributed by atoms with E-state index in [1.54, 1.807) is 0 Å². The van der Waals surface area contributed by atoms with Gasteiger partial charge >= 0.3 is 25.8 Å². The molecule has 0 nitrogen and oxygen atoms in total. The Morgan fingerprint density at radius 2 is 1.27 bits per heavy atom. The fourth-order valence-electron chi connectivity index (χ4n) is 5.55. The number of fused-ring (bicyclic) bond motifs is 2. The SMILES string of the molecule is CCCCC[CH-]C([Si](C)(C)C)[Si](C)(C)C.Cc1ccc(C)c2[cH-]ccc12.Cc1cccc2[cH-]ccc12.[Sc+3]. The topological polar surface area (TPSA) is 0 Å². The number of hydrogen-bond donors (Lipinski definition) is 0. The van der Waals surface area contributed by atoms with Gasteiger partial charge in [0.15, 0.2) is 0 Å². The van der Waals surface area contributed by atoms with Crippen LogP contribution in [-0.2, 0) is 25.8 Å². The molecule has 37 heavy (non-hydrogen) atoms. The van der Waals surface area contributed by atoms with Gasteiger partial charge in [-0.3, -0.25) is 0 Å². The second-order valence-electron chi connectivity index (χ2n) is 12.6. The minimum atomic E-state index is -0.976. The summed E-state index contributed by atoms with van der Waals surface area (Å²) in [6.07, 6.45) is 8.20. The van der Waals surface area contributed by atoms with Crippen molar-refractivity contribution >= 4 is 37.7 Å². The van der Waals surface area contributed by atoms with E-state index in [4.69, 9.17) is 0 Å². The molecule has 0 aliphatic carbocycles. The van der Waals surface area contributed by atoms with Gasteiger partial charge in [-0.15, -0.1) is 57.4 Å². The van der Waals surface area contributed by atoms with Crippen molar-refractivity contribution in [3.05, 3.63) is 89.8 Å². The zero-order valence-corrected chi connectivity index (χ0v) is 29.2. The van der Waals surface area contributed by atoms with Gasteiger partial charge in [0.05, 0.1) is 0 Å². The molecule has 0 fully saturated rings. The van der Waals surface area contributed by atoms with Gasteiger partial charge in [-0.25, -0.2) is 0 Å². The molecule has 0 aromatic heterocycles. The van der Waals surface area contributed by atoms with Crippen molar-refractivity contribution in [2.45, 2.75) is 97.8 Å². The molecule has 0 aliphatic rings. The molecule has 0 heterocycles. The predicted molar refractivity (Wildman–Crippen MR) is 172 cm³/mol. The smallest absolute Gasteiger partial charge is 0.331 e. The maximum absolute atomic E-state index is 2.69. The first-order valence-corrected chi connectivity index (χ1v) is 21.1. The molecular weight excluding hydrogens is 510 g/mol. The second-order valence-corrected chi connectivity index (χ2v) is 23.9. The number of hydrogen-bond acceptors (Lipinski definition) is 0. The zero-order chi connectivity index (χ0) is 26.9. The third-order valence-corrected chi connectivity index (χ3v) is 16.6. The summed E-state index contributed by atoms with van der Waals surface area (Å²) in [5.74, 6) is 0. The van der Waals surface area contributed by atoms with E-state index in [9.17, 15) is 0 Å². The average Bonchev–Trinajstić information content (AvgIpc) is 3.46. The summed E-state index contributed by atoms with van der Waals surface area (Å²) in [7, 11) is -1.95. The van der Waals surface area contributed by atoms with Gasteiger partial charge in [0.1, 0.15) is 0 Å². The van der Waals surface area contributed by atoms with Crippen LogP contribution in [0, 0.1) is 27.2 Å². The van der Waals surface area contributed by atoms with Crippen LogP contribution in [0.5, 0.6) is 0 Å². The summed E-state index contributed by atoms with van der Waals surface area (Å²) >= 11 is 0. The average molecular weight is 561 g/mol. The van der Waals surface area contributed by atoms with E-state index in [-0.39, 0.29) is 25.8 Å². The van der Waals surface area contributed by atoms with Crippen LogP contribution < -0.4 is 0 Å². The van der Waals surface area contributed by atoms with E-state index < -0.39 is 16.1 Å². The van der Waals surface area contributed by atoms with Crippen molar-refractivity contribution < 1.29 is 25.8 Å². The standard InChI is InChI=1S/C13H31Si2.C11H11.C10H9.Sc/c1-8-9-10-11-12-13(14(2,3)4)15(5,6)7;1-8-6-7-9(2)11-5-3-4-10(8)11;1-8-4-2-5-9-6-3-7-10(8)9;/h12-13H,8-11H2,1-7H3;3-7H,1-2H3;2-7H,1H3;/q3*-1;+3. The molecule has 0 saturated carbocycles. The molecule has 0 atom stereocenters. The fraction of sp³-hybridized carbons (Fsp3) is 0.441. The molecular formula is C34H51ScSi2. The van der Waals surface area contributed by atoms with E-state index in [2.05, 4.69) is 140 Å². The Kier molecular flexibility index (Phi) is 14.3. The summed E-state index contributed by atoms with van der Waals surface area (Å²) < 4.78 is 0. The van der Waals surface area contributed by atoms with Crippen LogP contribution in [-0.4, -0.2) is 16.1 Å². The first-order chi connectivity index (χ1) is 16.9. The molecule has 0 unspecified atom stereocenters. The fourth-order valence-corrected chi connectivity index (χ4v) is 17.7. The van der Waals surface area contributed by atoms with Gasteiger partial charge in [-0.1, -0.05) is 95.7 Å². The molecule has 0 radical (unpaired) electrons. The van der Waals surface area contributed by atoms with Crippen LogP contribution in [0.4, 0.5) is 0 Å². The van der Waals surface area contributed by atoms with Crippen LogP contribution >= 0.6 is 0 Å². The van der Waals surface area contributed by atoms with Crippen LogP contribution in [0.1, 0.15) is 49.3 Å². The van der Waals surface area contributed by atoms with E-state index in [0.717, 1.165) is 5.16 Å². The quantitative estimate of drug-likeness (QED) is 0.120. The molecule has 4 aromatic rings. The summed E-state index contributed by atoms with van der Waals surface area (Å²) in [6.45, 7) is 23.9. The molecule has 3 heteroatoms. The maximum Gasteiger partial charge on any atom is 3.00 e. The van der Waals surface area contributed by atoms with Crippen molar-refractivity contribution in [2.75, 3.05) is 0 Å². The van der Waals surface area contributed by atoms with Gasteiger partial charge in [-0.2, -0.15) is 35.9 Å². The van der Waals surface area contributed by atoms with Crippen LogP contribution in [0.15, 0.2) is 66.7 Å². The minimum absolute atomic E-state index is 0. The molecule has 198 valence electrons. The van der Waals surface area contributed by atoms with E-state index in [1.165, 1.54) is 63.9 Å². The Morgan fingerprint density at radius 3 is 1.84 bits per heavy atom. The second kappa shape index (κ2) is 15.5. The van der Waals surface area contributed by atoms with Gasteiger partial charge in [0, 0.05) is 16.1 Å². The first-order valence-electron chi connectivity index (χ1n) is 13.9. The van der Waals surface area contributed by atoms with Crippen molar-refractivity contribution in [1.29, 1.82) is 0 Å². The van der Waals surface area contributed by atoms with Crippen LogP contribution in [0.3, 0.4) is 0 Å². The Morgan fingerprint density at radius 1 is 0.703 bits per heavy atom. The third-order valence-electron chi connectivity index (χ3n) is 7.22. The number of aryl methyl sites for hydroxylation is 3. The number of benzene rings is 2. The molecule has 4 rings (SSSR count). The number of rotatable bonds is 7. The maximum atomic E-state index is 2.69. The zero-order valence-electron chi connectivity index (χ0n) is 25.4. The third kappa shape index (κ3) is 10.6. The molecule has 0 amide bonds. The molecule has 0 bridgehead atoms. The monoisotopic (exact) mass is 560 g/mol. The molecule has 0 saturated heterocycles. The van der Waals surface area contributed by atoms with Gasteiger partial charge in [0.25, 0.3) is 0 Å². The van der Waals surface area contributed by atoms with Crippen LogP contribution in [0.25, 0.3) is 21.5 Å². The van der Waals surface area contributed by atoms with Gasteiger partial charge in [-0.05, 0) is 13.8 Å². The van der Waals surface area contributed by atoms with Crippen molar-refractivity contribution in [2.24, 2.45) is 0 Å². The Balaban J connectivity index is 0.000000278. The molecule has 0 N–H and O–H groups in total. The Labute approximate surface area is 249 Å². The first kappa shape index (κ1) is 34.0. The van der Waals surface area contributed by atoms with Gasteiger partial charge < -0.3 is 6.42 Å². The van der Waals surface area contributed by atoms with Crippen LogP contribution in [0.2, 0.25) is 44.4 Å². The molecule has 4 aromatic carbocycles. The van der Waals surface area contributed by atoms with E-state index in [0.29, 0.717) is 0 Å².